The number of hydrogen-bond acceptors (Lipinski definition) is 6. The van der Waals surface area contributed by atoms with Gasteiger partial charge < -0.3 is 4.74 Å². The Hall–Kier alpha value is -2.25. The molecule has 0 spiro atoms. The normalized spacial score (nSPS) is 10.7. The molecule has 26 heavy (non-hydrogen) atoms. The number of para-hydroxylation sites is 1. The van der Waals surface area contributed by atoms with Crippen LogP contribution in [0, 0.1) is 0 Å². The Morgan fingerprint density at radius 3 is 2.38 bits per heavy atom. The van der Waals surface area contributed by atoms with Crippen molar-refractivity contribution >= 4 is 29.5 Å². The molecule has 3 rings (SSSR count). The van der Waals surface area contributed by atoms with E-state index in [-0.39, 0.29) is 11.7 Å². The summed E-state index contributed by atoms with van der Waals surface area (Å²) >= 11 is 3.04. The third kappa shape index (κ3) is 4.89. The van der Waals surface area contributed by atoms with E-state index in [9.17, 15) is 4.79 Å². The number of nitrogens with zero attached hydrogens (tertiary/aromatic N) is 3. The van der Waals surface area contributed by atoms with E-state index >= 15 is 0 Å². The zero-order chi connectivity index (χ0) is 18.2. The molecule has 0 amide bonds. The Balaban J connectivity index is 1.81. The summed E-state index contributed by atoms with van der Waals surface area (Å²) in [5.74, 6) is 1.49. The highest BCUT2D eigenvalue weighted by Gasteiger charge is 2.16. The molecule has 3 aromatic rings. The van der Waals surface area contributed by atoms with E-state index in [0.29, 0.717) is 17.5 Å². The Labute approximate surface area is 161 Å². The van der Waals surface area contributed by atoms with E-state index in [1.165, 1.54) is 16.7 Å². The largest absolute Gasteiger partial charge is 0.465 e. The van der Waals surface area contributed by atoms with Gasteiger partial charge in [-0.05, 0) is 31.2 Å². The fourth-order valence-electron chi connectivity index (χ4n) is 2.31. The molecule has 0 aliphatic rings. The molecule has 0 N–H and O–H groups in total. The second kappa shape index (κ2) is 9.45. The van der Waals surface area contributed by atoms with Crippen molar-refractivity contribution in [2.24, 2.45) is 0 Å². The highest BCUT2D eigenvalue weighted by atomic mass is 32.2. The standard InChI is InChI=1S/C19H19N3O2S2/c1-2-24-18(23)14-26-19-21-20-17(13-25-16-11-7-4-8-12-16)22(19)15-9-5-3-6-10-15/h3-12H,2,13-14H2,1H3. The second-order valence-corrected chi connectivity index (χ2v) is 7.26. The molecule has 0 fully saturated rings. The molecule has 0 atom stereocenters. The number of rotatable bonds is 8. The first-order valence-electron chi connectivity index (χ1n) is 8.24. The van der Waals surface area contributed by atoms with Gasteiger partial charge in [-0.15, -0.1) is 22.0 Å². The van der Waals surface area contributed by atoms with Gasteiger partial charge in [-0.3, -0.25) is 9.36 Å². The smallest absolute Gasteiger partial charge is 0.316 e. The van der Waals surface area contributed by atoms with E-state index in [4.69, 9.17) is 4.74 Å². The lowest BCUT2D eigenvalue weighted by Gasteiger charge is -2.10. The molecule has 0 aliphatic carbocycles. The van der Waals surface area contributed by atoms with Crippen molar-refractivity contribution in [1.82, 2.24) is 14.8 Å². The fourth-order valence-corrected chi connectivity index (χ4v) is 3.92. The predicted molar refractivity (Wildman–Crippen MR) is 105 cm³/mol. The Morgan fingerprint density at radius 1 is 1.00 bits per heavy atom. The van der Waals surface area contributed by atoms with Gasteiger partial charge in [0.2, 0.25) is 0 Å². The van der Waals surface area contributed by atoms with Crippen molar-refractivity contribution < 1.29 is 9.53 Å². The van der Waals surface area contributed by atoms with Crippen LogP contribution in [0.2, 0.25) is 0 Å². The summed E-state index contributed by atoms with van der Waals surface area (Å²) in [6.07, 6.45) is 0. The molecule has 0 saturated heterocycles. The third-order valence-electron chi connectivity index (χ3n) is 3.45. The Kier molecular flexibility index (Phi) is 6.74. The van der Waals surface area contributed by atoms with Gasteiger partial charge in [0.25, 0.3) is 0 Å². The van der Waals surface area contributed by atoms with Crippen LogP contribution in [0.15, 0.2) is 70.7 Å². The first-order chi connectivity index (χ1) is 12.8. The number of esters is 1. The van der Waals surface area contributed by atoms with Crippen molar-refractivity contribution in [3.8, 4) is 5.69 Å². The number of carbonyl (C=O) groups excluding carboxylic acids is 1. The zero-order valence-corrected chi connectivity index (χ0v) is 16.0. The maximum absolute atomic E-state index is 11.7. The van der Waals surface area contributed by atoms with Crippen molar-refractivity contribution in [3.05, 3.63) is 66.5 Å². The molecular formula is C19H19N3O2S2. The molecular weight excluding hydrogens is 366 g/mol. The lowest BCUT2D eigenvalue weighted by Crippen LogP contribution is -2.08. The quantitative estimate of drug-likeness (QED) is 0.428. The molecule has 1 aromatic heterocycles. The van der Waals surface area contributed by atoms with Crippen LogP contribution in [0.25, 0.3) is 5.69 Å². The van der Waals surface area contributed by atoms with Gasteiger partial charge in [0.05, 0.1) is 18.1 Å². The topological polar surface area (TPSA) is 57.0 Å². The minimum absolute atomic E-state index is 0.213. The van der Waals surface area contributed by atoms with Gasteiger partial charge in [0.15, 0.2) is 5.16 Å². The molecule has 0 radical (unpaired) electrons. The molecule has 134 valence electrons. The number of thioether (sulfide) groups is 2. The average Bonchev–Trinajstić information content (AvgIpc) is 3.09. The fraction of sp³-hybridized carbons (Fsp3) is 0.211. The SMILES string of the molecule is CCOC(=O)CSc1nnc(CSc2ccccc2)n1-c1ccccc1. The lowest BCUT2D eigenvalue weighted by molar-refractivity contribution is -0.139. The summed E-state index contributed by atoms with van der Waals surface area (Å²) in [6, 6.07) is 20.1. The van der Waals surface area contributed by atoms with Crippen LogP contribution in [0.1, 0.15) is 12.7 Å². The predicted octanol–water partition coefficient (Wildman–Crippen LogP) is 4.21. The van der Waals surface area contributed by atoms with Crippen LogP contribution in [0.3, 0.4) is 0 Å². The van der Waals surface area contributed by atoms with Crippen molar-refractivity contribution in [1.29, 1.82) is 0 Å². The van der Waals surface area contributed by atoms with Crippen LogP contribution < -0.4 is 0 Å². The van der Waals surface area contributed by atoms with Gasteiger partial charge in [0, 0.05) is 10.6 Å². The van der Waals surface area contributed by atoms with Crippen molar-refractivity contribution in [3.63, 3.8) is 0 Å². The second-order valence-electron chi connectivity index (χ2n) is 5.27. The monoisotopic (exact) mass is 385 g/mol. The molecule has 0 aliphatic heterocycles. The summed E-state index contributed by atoms with van der Waals surface area (Å²) in [5.41, 5.74) is 0.979. The van der Waals surface area contributed by atoms with Crippen molar-refractivity contribution in [2.75, 3.05) is 12.4 Å². The first-order valence-corrected chi connectivity index (χ1v) is 10.2. The Bertz CT molecular complexity index is 839. The van der Waals surface area contributed by atoms with Crippen LogP contribution >= 0.6 is 23.5 Å². The highest BCUT2D eigenvalue weighted by molar-refractivity contribution is 7.99. The third-order valence-corrected chi connectivity index (χ3v) is 5.36. The van der Waals surface area contributed by atoms with Crippen LogP contribution in [0.4, 0.5) is 0 Å². The zero-order valence-electron chi connectivity index (χ0n) is 14.4. The summed E-state index contributed by atoms with van der Waals surface area (Å²) in [4.78, 5) is 12.9. The van der Waals surface area contributed by atoms with Gasteiger partial charge in [-0.1, -0.05) is 48.2 Å². The highest BCUT2D eigenvalue weighted by Crippen LogP contribution is 2.27. The number of hydrogen-bond donors (Lipinski definition) is 0. The number of carbonyl (C=O) groups is 1. The molecule has 1 heterocycles. The summed E-state index contributed by atoms with van der Waals surface area (Å²) in [7, 11) is 0. The minimum atomic E-state index is -0.250. The average molecular weight is 386 g/mol. The van der Waals surface area contributed by atoms with Crippen LogP contribution in [0.5, 0.6) is 0 Å². The van der Waals surface area contributed by atoms with E-state index < -0.39 is 0 Å². The maximum Gasteiger partial charge on any atom is 0.316 e. The molecule has 0 saturated carbocycles. The van der Waals surface area contributed by atoms with E-state index in [1.54, 1.807) is 18.7 Å². The minimum Gasteiger partial charge on any atom is -0.465 e. The first kappa shape index (κ1) is 18.5. The van der Waals surface area contributed by atoms with Crippen molar-refractivity contribution in [2.45, 2.75) is 22.7 Å². The van der Waals surface area contributed by atoms with Gasteiger partial charge in [0.1, 0.15) is 5.82 Å². The summed E-state index contributed by atoms with van der Waals surface area (Å²) in [6.45, 7) is 2.18. The number of benzene rings is 2. The van der Waals surface area contributed by atoms with E-state index in [2.05, 4.69) is 22.3 Å². The Morgan fingerprint density at radius 2 is 1.69 bits per heavy atom. The van der Waals surface area contributed by atoms with Crippen LogP contribution in [-0.4, -0.2) is 33.1 Å². The van der Waals surface area contributed by atoms with Gasteiger partial charge >= 0.3 is 5.97 Å². The molecule has 5 nitrogen and oxygen atoms in total. The van der Waals surface area contributed by atoms with Gasteiger partial charge in [-0.2, -0.15) is 0 Å². The molecule has 0 bridgehead atoms. The summed E-state index contributed by atoms with van der Waals surface area (Å²) in [5, 5.41) is 9.33. The van der Waals surface area contributed by atoms with Gasteiger partial charge in [-0.25, -0.2) is 0 Å². The molecule has 7 heteroatoms. The molecule has 0 unspecified atom stereocenters. The number of aromatic nitrogens is 3. The number of ether oxygens (including phenoxy) is 1. The van der Waals surface area contributed by atoms with Crippen LogP contribution in [-0.2, 0) is 15.3 Å². The lowest BCUT2D eigenvalue weighted by atomic mass is 10.3. The molecule has 2 aromatic carbocycles. The summed E-state index contributed by atoms with van der Waals surface area (Å²) < 4.78 is 7.00. The maximum atomic E-state index is 11.7. The van der Waals surface area contributed by atoms with E-state index in [0.717, 1.165) is 11.5 Å². The van der Waals surface area contributed by atoms with E-state index in [1.807, 2.05) is 53.1 Å².